The van der Waals surface area contributed by atoms with Gasteiger partial charge in [0.2, 0.25) is 5.96 Å². The number of fused-ring (bicyclic) bond motifs is 1. The second-order valence-corrected chi connectivity index (χ2v) is 5.18. The zero-order chi connectivity index (χ0) is 13.0. The zero-order valence-electron chi connectivity index (χ0n) is 11.4. The predicted octanol–water partition coefficient (Wildman–Crippen LogP) is -0.379. The summed E-state index contributed by atoms with van der Waals surface area (Å²) in [5.74, 6) is 6.41. The van der Waals surface area contributed by atoms with Crippen LogP contribution >= 0.6 is 0 Å². The number of piperazine rings is 1. The first-order chi connectivity index (χ1) is 8.74. The molecule has 0 aliphatic carbocycles. The molecule has 18 heavy (non-hydrogen) atoms. The summed E-state index contributed by atoms with van der Waals surface area (Å²) >= 11 is 0. The number of hydrazine groups is 1. The molecule has 3 N–H and O–H groups in total. The Bertz CT molecular complexity index is 296. The molecule has 0 radical (unpaired) electrons. The van der Waals surface area contributed by atoms with Crippen LogP contribution in [-0.2, 0) is 4.74 Å². The SMILES string of the molecule is COCC(C)N=C(NN)N1CCN2CCCC2C1. The first-order valence-electron chi connectivity index (χ1n) is 6.77. The lowest BCUT2D eigenvalue weighted by Gasteiger charge is -2.38. The number of hydrogen-bond acceptors (Lipinski definition) is 4. The van der Waals surface area contributed by atoms with Gasteiger partial charge in [-0.1, -0.05) is 0 Å². The first-order valence-corrected chi connectivity index (χ1v) is 6.77. The quantitative estimate of drug-likeness (QED) is 0.311. The van der Waals surface area contributed by atoms with Gasteiger partial charge in [0.1, 0.15) is 0 Å². The maximum atomic E-state index is 5.61. The molecule has 0 aromatic rings. The number of aliphatic imine (C=N–C) groups is 1. The van der Waals surface area contributed by atoms with Crippen LogP contribution in [0.15, 0.2) is 4.99 Å². The Hall–Kier alpha value is -0.850. The normalized spacial score (nSPS) is 27.2. The topological polar surface area (TPSA) is 66.1 Å². The minimum absolute atomic E-state index is 0.127. The fourth-order valence-electron chi connectivity index (χ4n) is 2.88. The Morgan fingerprint density at radius 2 is 2.33 bits per heavy atom. The number of nitrogens with zero attached hydrogens (tertiary/aromatic N) is 3. The van der Waals surface area contributed by atoms with Gasteiger partial charge in [0, 0.05) is 32.8 Å². The first kappa shape index (κ1) is 13.6. The van der Waals surface area contributed by atoms with Gasteiger partial charge in [-0.05, 0) is 26.3 Å². The van der Waals surface area contributed by atoms with Crippen molar-refractivity contribution in [3.05, 3.63) is 0 Å². The van der Waals surface area contributed by atoms with E-state index >= 15 is 0 Å². The number of methoxy groups -OCH3 is 1. The van der Waals surface area contributed by atoms with Crippen LogP contribution in [0.3, 0.4) is 0 Å². The maximum absolute atomic E-state index is 5.61. The van der Waals surface area contributed by atoms with Gasteiger partial charge in [0.05, 0.1) is 12.6 Å². The van der Waals surface area contributed by atoms with Crippen LogP contribution in [-0.4, -0.2) is 67.7 Å². The van der Waals surface area contributed by atoms with Gasteiger partial charge < -0.3 is 9.64 Å². The third kappa shape index (κ3) is 3.13. The van der Waals surface area contributed by atoms with Crippen molar-refractivity contribution in [1.82, 2.24) is 15.2 Å². The molecule has 2 rings (SSSR count). The van der Waals surface area contributed by atoms with Crippen LogP contribution in [0.5, 0.6) is 0 Å². The van der Waals surface area contributed by atoms with E-state index < -0.39 is 0 Å². The van der Waals surface area contributed by atoms with Crippen molar-refractivity contribution in [2.24, 2.45) is 10.8 Å². The molecule has 2 unspecified atom stereocenters. The smallest absolute Gasteiger partial charge is 0.208 e. The predicted molar refractivity (Wildman–Crippen MR) is 72.3 cm³/mol. The Balaban J connectivity index is 1.95. The maximum Gasteiger partial charge on any atom is 0.208 e. The molecule has 2 aliphatic heterocycles. The van der Waals surface area contributed by atoms with Gasteiger partial charge in [-0.2, -0.15) is 0 Å². The van der Waals surface area contributed by atoms with Crippen LogP contribution in [0.25, 0.3) is 0 Å². The summed E-state index contributed by atoms with van der Waals surface area (Å²) < 4.78 is 5.10. The summed E-state index contributed by atoms with van der Waals surface area (Å²) in [6.07, 6.45) is 2.61. The molecule has 0 aromatic heterocycles. The molecule has 2 atom stereocenters. The molecule has 0 amide bonds. The van der Waals surface area contributed by atoms with Crippen molar-refractivity contribution in [3.8, 4) is 0 Å². The lowest BCUT2D eigenvalue weighted by atomic mass is 10.1. The minimum Gasteiger partial charge on any atom is -0.382 e. The van der Waals surface area contributed by atoms with Crippen LogP contribution in [0.4, 0.5) is 0 Å². The van der Waals surface area contributed by atoms with Crippen LogP contribution in [0.2, 0.25) is 0 Å². The highest BCUT2D eigenvalue weighted by Crippen LogP contribution is 2.21. The van der Waals surface area contributed by atoms with Crippen LogP contribution in [0.1, 0.15) is 19.8 Å². The number of ether oxygens (including phenoxy) is 1. The van der Waals surface area contributed by atoms with E-state index in [1.165, 1.54) is 19.4 Å². The van der Waals surface area contributed by atoms with Crippen molar-refractivity contribution in [2.45, 2.75) is 31.8 Å². The molecule has 0 bridgehead atoms. The number of nitrogens with two attached hydrogens (primary N) is 1. The van der Waals surface area contributed by atoms with Gasteiger partial charge in [-0.15, -0.1) is 0 Å². The highest BCUT2D eigenvalue weighted by atomic mass is 16.5. The van der Waals surface area contributed by atoms with Gasteiger partial charge in [0.15, 0.2) is 0 Å². The molecule has 2 fully saturated rings. The molecular weight excluding hydrogens is 230 g/mol. The molecule has 2 heterocycles. The van der Waals surface area contributed by atoms with Crippen molar-refractivity contribution < 1.29 is 4.74 Å². The number of rotatable bonds is 3. The fourth-order valence-corrected chi connectivity index (χ4v) is 2.88. The molecule has 2 aliphatic rings. The van der Waals surface area contributed by atoms with E-state index in [-0.39, 0.29) is 6.04 Å². The van der Waals surface area contributed by atoms with E-state index in [0.717, 1.165) is 25.6 Å². The Kier molecular flexibility index (Phi) is 4.79. The van der Waals surface area contributed by atoms with Gasteiger partial charge >= 0.3 is 0 Å². The van der Waals surface area contributed by atoms with Crippen LogP contribution in [0, 0.1) is 0 Å². The molecule has 2 saturated heterocycles. The van der Waals surface area contributed by atoms with Crippen LogP contribution < -0.4 is 11.3 Å². The van der Waals surface area contributed by atoms with Crippen molar-refractivity contribution in [3.63, 3.8) is 0 Å². The third-order valence-corrected chi connectivity index (χ3v) is 3.77. The fraction of sp³-hybridized carbons (Fsp3) is 0.917. The number of guanidine groups is 1. The second-order valence-electron chi connectivity index (χ2n) is 5.18. The molecule has 6 heteroatoms. The molecule has 104 valence electrons. The average molecular weight is 255 g/mol. The standard InChI is InChI=1S/C12H25N5O/c1-10(9-18-2)14-12(15-13)17-7-6-16-5-3-4-11(16)8-17/h10-11H,3-9,13H2,1-2H3,(H,14,15). The second kappa shape index (κ2) is 6.36. The average Bonchev–Trinajstić information content (AvgIpc) is 2.83. The van der Waals surface area contributed by atoms with E-state index in [4.69, 9.17) is 10.6 Å². The molecule has 6 nitrogen and oxygen atoms in total. The highest BCUT2D eigenvalue weighted by Gasteiger charge is 2.31. The summed E-state index contributed by atoms with van der Waals surface area (Å²) in [5.41, 5.74) is 2.74. The van der Waals surface area contributed by atoms with E-state index in [9.17, 15) is 0 Å². The van der Waals surface area contributed by atoms with E-state index in [1.54, 1.807) is 7.11 Å². The Labute approximate surface area is 109 Å². The van der Waals surface area contributed by atoms with Gasteiger partial charge in [0.25, 0.3) is 0 Å². The summed E-state index contributed by atoms with van der Waals surface area (Å²) in [6.45, 7) is 7.05. The summed E-state index contributed by atoms with van der Waals surface area (Å²) in [6, 6.07) is 0.803. The van der Waals surface area contributed by atoms with Crippen molar-refractivity contribution in [1.29, 1.82) is 0 Å². The number of nitrogens with one attached hydrogen (secondary N) is 1. The zero-order valence-corrected chi connectivity index (χ0v) is 11.4. The monoisotopic (exact) mass is 255 g/mol. The van der Waals surface area contributed by atoms with E-state index in [2.05, 4.69) is 20.2 Å². The summed E-state index contributed by atoms with van der Waals surface area (Å²) in [4.78, 5) is 9.42. The summed E-state index contributed by atoms with van der Waals surface area (Å²) in [5, 5.41) is 0. The molecule has 0 spiro atoms. The molecule has 0 saturated carbocycles. The Morgan fingerprint density at radius 1 is 1.50 bits per heavy atom. The third-order valence-electron chi connectivity index (χ3n) is 3.77. The van der Waals surface area contributed by atoms with Gasteiger partial charge in [-0.25, -0.2) is 10.8 Å². The van der Waals surface area contributed by atoms with Crippen molar-refractivity contribution >= 4 is 5.96 Å². The highest BCUT2D eigenvalue weighted by molar-refractivity contribution is 5.79. The lowest BCUT2D eigenvalue weighted by Crippen LogP contribution is -2.56. The Morgan fingerprint density at radius 3 is 3.06 bits per heavy atom. The van der Waals surface area contributed by atoms with E-state index in [0.29, 0.717) is 12.6 Å². The lowest BCUT2D eigenvalue weighted by molar-refractivity contribution is 0.147. The van der Waals surface area contributed by atoms with Gasteiger partial charge in [-0.3, -0.25) is 10.3 Å². The molecule has 0 aromatic carbocycles. The minimum atomic E-state index is 0.127. The summed E-state index contributed by atoms with van der Waals surface area (Å²) in [7, 11) is 1.69. The number of hydrogen-bond donors (Lipinski definition) is 2. The molecular formula is C12H25N5O. The van der Waals surface area contributed by atoms with E-state index in [1.807, 2.05) is 6.92 Å². The largest absolute Gasteiger partial charge is 0.382 e. The van der Waals surface area contributed by atoms with Crippen molar-refractivity contribution in [2.75, 3.05) is 39.9 Å².